The summed E-state index contributed by atoms with van der Waals surface area (Å²) in [7, 11) is 0. The Hall–Kier alpha value is -1.92. The van der Waals surface area contributed by atoms with Crippen molar-refractivity contribution in [3.63, 3.8) is 0 Å². The fraction of sp³-hybridized carbons (Fsp3) is 0.200. The molecule has 0 fully saturated rings. The highest BCUT2D eigenvalue weighted by molar-refractivity contribution is 5.82. The summed E-state index contributed by atoms with van der Waals surface area (Å²) in [6.45, 7) is -0.382. The van der Waals surface area contributed by atoms with E-state index in [9.17, 15) is 9.59 Å². The van der Waals surface area contributed by atoms with E-state index in [2.05, 4.69) is 4.84 Å². The van der Waals surface area contributed by atoms with Crippen LogP contribution in [0.5, 0.6) is 0 Å². The normalized spacial score (nSPS) is 11.8. The lowest BCUT2D eigenvalue weighted by Gasteiger charge is -2.11. The molecule has 1 atom stereocenters. The van der Waals surface area contributed by atoms with E-state index in [4.69, 9.17) is 11.5 Å². The standard InChI is InChI=1S/C10H13N3O3/c11-8(14)6-16-13-10(15)9(12)7-4-2-1-3-5-7/h1-5,9H,6,12H2,(H2,11,14)(H,13,15). The van der Waals surface area contributed by atoms with Crippen LogP contribution in [-0.4, -0.2) is 18.4 Å². The number of benzene rings is 1. The molecule has 0 radical (unpaired) electrons. The molecule has 0 spiro atoms. The number of hydrogen-bond donors (Lipinski definition) is 3. The van der Waals surface area contributed by atoms with E-state index in [1.54, 1.807) is 24.3 Å². The topological polar surface area (TPSA) is 107 Å². The highest BCUT2D eigenvalue weighted by Gasteiger charge is 2.15. The Morgan fingerprint density at radius 2 is 1.94 bits per heavy atom. The van der Waals surface area contributed by atoms with Gasteiger partial charge in [0, 0.05) is 0 Å². The van der Waals surface area contributed by atoms with Gasteiger partial charge in [-0.3, -0.25) is 14.4 Å². The summed E-state index contributed by atoms with van der Waals surface area (Å²) >= 11 is 0. The van der Waals surface area contributed by atoms with Crippen LogP contribution in [0, 0.1) is 0 Å². The largest absolute Gasteiger partial charge is 0.368 e. The Balaban J connectivity index is 2.45. The van der Waals surface area contributed by atoms with Gasteiger partial charge in [0.05, 0.1) is 0 Å². The molecule has 2 amide bonds. The third-order valence-electron chi connectivity index (χ3n) is 1.83. The summed E-state index contributed by atoms with van der Waals surface area (Å²) in [6.07, 6.45) is 0. The fourth-order valence-electron chi connectivity index (χ4n) is 1.05. The van der Waals surface area contributed by atoms with Crippen LogP contribution in [0.25, 0.3) is 0 Å². The average molecular weight is 223 g/mol. The summed E-state index contributed by atoms with van der Waals surface area (Å²) in [5, 5.41) is 0. The third-order valence-corrected chi connectivity index (χ3v) is 1.83. The second-order valence-corrected chi connectivity index (χ2v) is 3.11. The van der Waals surface area contributed by atoms with Gasteiger partial charge < -0.3 is 11.5 Å². The van der Waals surface area contributed by atoms with Gasteiger partial charge >= 0.3 is 0 Å². The van der Waals surface area contributed by atoms with E-state index < -0.39 is 17.9 Å². The van der Waals surface area contributed by atoms with Gasteiger partial charge in [0.25, 0.3) is 5.91 Å². The van der Waals surface area contributed by atoms with Gasteiger partial charge in [-0.25, -0.2) is 5.48 Å². The molecule has 0 aliphatic rings. The maximum atomic E-state index is 11.4. The van der Waals surface area contributed by atoms with Crippen LogP contribution < -0.4 is 16.9 Å². The molecule has 0 aliphatic carbocycles. The van der Waals surface area contributed by atoms with Crippen molar-refractivity contribution in [2.75, 3.05) is 6.61 Å². The molecule has 0 heterocycles. The van der Waals surface area contributed by atoms with Gasteiger partial charge in [-0.15, -0.1) is 0 Å². The minimum Gasteiger partial charge on any atom is -0.368 e. The number of carbonyl (C=O) groups excluding carboxylic acids is 2. The molecule has 1 rings (SSSR count). The number of nitrogens with one attached hydrogen (secondary N) is 1. The lowest BCUT2D eigenvalue weighted by Crippen LogP contribution is -2.36. The van der Waals surface area contributed by atoms with Crippen LogP contribution in [0.1, 0.15) is 11.6 Å². The lowest BCUT2D eigenvalue weighted by atomic mass is 10.1. The van der Waals surface area contributed by atoms with Crippen LogP contribution in [-0.2, 0) is 14.4 Å². The number of carbonyl (C=O) groups is 2. The summed E-state index contributed by atoms with van der Waals surface area (Å²) in [4.78, 5) is 26.3. The van der Waals surface area contributed by atoms with Gasteiger partial charge in [-0.05, 0) is 5.56 Å². The zero-order valence-corrected chi connectivity index (χ0v) is 8.55. The number of hydroxylamine groups is 1. The van der Waals surface area contributed by atoms with Gasteiger partial charge in [-0.1, -0.05) is 30.3 Å². The fourth-order valence-corrected chi connectivity index (χ4v) is 1.05. The first-order valence-corrected chi connectivity index (χ1v) is 4.61. The molecular weight excluding hydrogens is 210 g/mol. The van der Waals surface area contributed by atoms with Crippen molar-refractivity contribution in [3.05, 3.63) is 35.9 Å². The quantitative estimate of drug-likeness (QED) is 0.569. The van der Waals surface area contributed by atoms with Crippen molar-refractivity contribution in [2.45, 2.75) is 6.04 Å². The zero-order chi connectivity index (χ0) is 12.0. The number of hydrogen-bond acceptors (Lipinski definition) is 4. The molecule has 0 saturated heterocycles. The van der Waals surface area contributed by atoms with Gasteiger partial charge in [0.15, 0.2) is 6.61 Å². The molecule has 0 bridgehead atoms. The summed E-state index contributed by atoms with van der Waals surface area (Å²) in [5.74, 6) is -1.21. The predicted octanol–water partition coefficient (Wildman–Crippen LogP) is -0.780. The van der Waals surface area contributed by atoms with Crippen molar-refractivity contribution in [3.8, 4) is 0 Å². The predicted molar refractivity (Wildman–Crippen MR) is 56.7 cm³/mol. The third kappa shape index (κ3) is 3.68. The first-order valence-electron chi connectivity index (χ1n) is 4.61. The van der Waals surface area contributed by atoms with Gasteiger partial charge in [0.1, 0.15) is 6.04 Å². The molecule has 5 N–H and O–H groups in total. The zero-order valence-electron chi connectivity index (χ0n) is 8.55. The number of nitrogens with two attached hydrogens (primary N) is 2. The lowest BCUT2D eigenvalue weighted by molar-refractivity contribution is -0.139. The van der Waals surface area contributed by atoms with E-state index in [1.807, 2.05) is 11.5 Å². The molecule has 1 unspecified atom stereocenters. The van der Waals surface area contributed by atoms with E-state index in [1.165, 1.54) is 0 Å². The summed E-state index contributed by atoms with van der Waals surface area (Å²) in [6, 6.07) is 7.96. The minimum atomic E-state index is -0.839. The van der Waals surface area contributed by atoms with Crippen LogP contribution in [0.15, 0.2) is 30.3 Å². The van der Waals surface area contributed by atoms with E-state index in [-0.39, 0.29) is 6.61 Å². The van der Waals surface area contributed by atoms with Crippen molar-refractivity contribution < 1.29 is 14.4 Å². The van der Waals surface area contributed by atoms with Gasteiger partial charge in [0.2, 0.25) is 5.91 Å². The average Bonchev–Trinajstić information content (AvgIpc) is 2.28. The molecule has 1 aromatic carbocycles. The number of amides is 2. The molecule has 6 nitrogen and oxygen atoms in total. The summed E-state index contributed by atoms with van der Waals surface area (Å²) < 4.78 is 0. The van der Waals surface area contributed by atoms with Crippen LogP contribution in [0.3, 0.4) is 0 Å². The van der Waals surface area contributed by atoms with Crippen molar-refractivity contribution >= 4 is 11.8 Å². The number of primary amides is 1. The maximum Gasteiger partial charge on any atom is 0.265 e. The SMILES string of the molecule is NC(=O)CONC(=O)C(N)c1ccccc1. The second-order valence-electron chi connectivity index (χ2n) is 3.11. The van der Waals surface area contributed by atoms with Crippen LogP contribution in [0.2, 0.25) is 0 Å². The van der Waals surface area contributed by atoms with E-state index in [0.717, 1.165) is 0 Å². The van der Waals surface area contributed by atoms with Crippen molar-refractivity contribution in [1.29, 1.82) is 0 Å². The molecule has 6 heteroatoms. The molecule has 0 saturated carbocycles. The first-order chi connectivity index (χ1) is 7.61. The maximum absolute atomic E-state index is 11.4. The Bertz CT molecular complexity index is 367. The molecule has 86 valence electrons. The highest BCUT2D eigenvalue weighted by Crippen LogP contribution is 2.08. The smallest absolute Gasteiger partial charge is 0.265 e. The molecular formula is C10H13N3O3. The highest BCUT2D eigenvalue weighted by atomic mass is 16.7. The van der Waals surface area contributed by atoms with Crippen LogP contribution >= 0.6 is 0 Å². The number of rotatable bonds is 5. The Labute approximate surface area is 92.5 Å². The molecule has 0 aliphatic heterocycles. The van der Waals surface area contributed by atoms with E-state index in [0.29, 0.717) is 5.56 Å². The molecule has 1 aromatic rings. The Kier molecular flexibility index (Phi) is 4.43. The monoisotopic (exact) mass is 223 g/mol. The van der Waals surface area contributed by atoms with Gasteiger partial charge in [-0.2, -0.15) is 0 Å². The first kappa shape index (κ1) is 12.2. The molecule has 16 heavy (non-hydrogen) atoms. The Morgan fingerprint density at radius 1 is 1.31 bits per heavy atom. The summed E-state index contributed by atoms with van der Waals surface area (Å²) in [5.41, 5.74) is 13.2. The van der Waals surface area contributed by atoms with E-state index >= 15 is 0 Å². The Morgan fingerprint density at radius 3 is 2.50 bits per heavy atom. The van der Waals surface area contributed by atoms with Crippen molar-refractivity contribution in [2.24, 2.45) is 11.5 Å². The van der Waals surface area contributed by atoms with Crippen LogP contribution in [0.4, 0.5) is 0 Å². The molecule has 0 aromatic heterocycles. The van der Waals surface area contributed by atoms with Crippen molar-refractivity contribution in [1.82, 2.24) is 5.48 Å². The second kappa shape index (κ2) is 5.84. The minimum absolute atomic E-state index is 0.382.